The number of urea groups is 1. The Kier molecular flexibility index (Phi) is 5.87. The molecule has 0 unspecified atom stereocenters. The largest absolute Gasteiger partial charge is 0.383 e. The quantitative estimate of drug-likeness (QED) is 0.411. The van der Waals surface area contributed by atoms with E-state index in [1.165, 1.54) is 12.1 Å². The molecule has 1 aromatic heterocycles. The predicted molar refractivity (Wildman–Crippen MR) is 86.1 cm³/mol. The Morgan fingerprint density at radius 2 is 1.87 bits per heavy atom. The van der Waals surface area contributed by atoms with Crippen molar-refractivity contribution in [3.63, 3.8) is 0 Å². The second-order valence-corrected chi connectivity index (χ2v) is 4.66. The first kappa shape index (κ1) is 16.2. The predicted octanol–water partition coefficient (Wildman–Crippen LogP) is 1.90. The van der Waals surface area contributed by atoms with Gasteiger partial charge in [-0.05, 0) is 24.3 Å². The van der Waals surface area contributed by atoms with E-state index in [0.29, 0.717) is 19.6 Å². The van der Waals surface area contributed by atoms with E-state index in [-0.39, 0.29) is 11.7 Å². The lowest BCUT2D eigenvalue weighted by Crippen LogP contribution is -2.37. The van der Waals surface area contributed by atoms with Crippen LogP contribution < -0.4 is 16.0 Å². The summed E-state index contributed by atoms with van der Waals surface area (Å²) in [6.45, 7) is 1.29. The number of benzene rings is 1. The summed E-state index contributed by atoms with van der Waals surface area (Å²) < 4.78 is 0. The van der Waals surface area contributed by atoms with Crippen LogP contribution in [0.15, 0.2) is 48.7 Å². The summed E-state index contributed by atoms with van der Waals surface area (Å²) in [4.78, 5) is 25.8. The number of hydrogen-bond acceptors (Lipinski definition) is 5. The number of hydrogen-bond donors (Lipinski definition) is 3. The number of nitro benzene ring substituents is 1. The molecule has 2 aromatic rings. The van der Waals surface area contributed by atoms with E-state index in [2.05, 4.69) is 20.9 Å². The number of rotatable bonds is 7. The molecule has 8 nitrogen and oxygen atoms in total. The van der Waals surface area contributed by atoms with Gasteiger partial charge in [0.1, 0.15) is 0 Å². The van der Waals surface area contributed by atoms with Crippen LogP contribution in [0.5, 0.6) is 0 Å². The van der Waals surface area contributed by atoms with Crippen LogP contribution >= 0.6 is 0 Å². The molecule has 2 rings (SSSR count). The molecule has 1 aromatic carbocycles. The lowest BCUT2D eigenvalue weighted by atomic mass is 10.3. The van der Waals surface area contributed by atoms with Gasteiger partial charge in [0, 0.05) is 37.1 Å². The van der Waals surface area contributed by atoms with Crippen LogP contribution in [0.4, 0.5) is 16.2 Å². The molecule has 0 bridgehead atoms. The smallest absolute Gasteiger partial charge is 0.315 e. The van der Waals surface area contributed by atoms with Gasteiger partial charge in [0.25, 0.3) is 5.69 Å². The molecule has 0 fully saturated rings. The van der Waals surface area contributed by atoms with E-state index in [0.717, 1.165) is 11.4 Å². The van der Waals surface area contributed by atoms with Crippen LogP contribution in [0, 0.1) is 10.1 Å². The minimum Gasteiger partial charge on any atom is -0.383 e. The molecular formula is C15H17N5O3. The molecule has 1 heterocycles. The first-order valence-electron chi connectivity index (χ1n) is 7.05. The number of nitrogens with zero attached hydrogens (tertiary/aromatic N) is 2. The van der Waals surface area contributed by atoms with E-state index in [4.69, 9.17) is 0 Å². The van der Waals surface area contributed by atoms with E-state index >= 15 is 0 Å². The number of aromatic nitrogens is 1. The third-order valence-corrected chi connectivity index (χ3v) is 2.97. The monoisotopic (exact) mass is 315 g/mol. The normalized spacial score (nSPS) is 9.91. The minimum absolute atomic E-state index is 0.0441. The maximum absolute atomic E-state index is 11.6. The second kappa shape index (κ2) is 8.32. The SMILES string of the molecule is O=C(NCCNc1ccc([N+](=O)[O-])cc1)NCc1ccccn1. The van der Waals surface area contributed by atoms with Crippen molar-refractivity contribution in [1.29, 1.82) is 0 Å². The Bertz CT molecular complexity index is 646. The highest BCUT2D eigenvalue weighted by molar-refractivity contribution is 5.73. The second-order valence-electron chi connectivity index (χ2n) is 4.66. The van der Waals surface area contributed by atoms with Gasteiger partial charge in [-0.25, -0.2) is 4.79 Å². The summed E-state index contributed by atoms with van der Waals surface area (Å²) in [6, 6.07) is 11.3. The van der Waals surface area contributed by atoms with Gasteiger partial charge in [0.15, 0.2) is 0 Å². The zero-order chi connectivity index (χ0) is 16.5. The number of anilines is 1. The molecule has 0 spiro atoms. The van der Waals surface area contributed by atoms with Crippen molar-refractivity contribution in [2.45, 2.75) is 6.54 Å². The Labute approximate surface area is 133 Å². The molecule has 0 aliphatic rings. The van der Waals surface area contributed by atoms with E-state index in [9.17, 15) is 14.9 Å². The number of nitro groups is 1. The number of carbonyl (C=O) groups excluding carboxylic acids is 1. The highest BCUT2D eigenvalue weighted by Gasteiger charge is 2.03. The maximum atomic E-state index is 11.6. The topological polar surface area (TPSA) is 109 Å². The van der Waals surface area contributed by atoms with Gasteiger partial charge in [0.2, 0.25) is 0 Å². The van der Waals surface area contributed by atoms with E-state index in [1.807, 2.05) is 18.2 Å². The minimum atomic E-state index is -0.447. The summed E-state index contributed by atoms with van der Waals surface area (Å²) in [5.41, 5.74) is 1.58. The standard InChI is InChI=1S/C15H17N5O3/c21-15(19-11-13-3-1-2-8-16-13)18-10-9-17-12-4-6-14(7-5-12)20(22)23/h1-8,17H,9-11H2,(H2,18,19,21). The molecule has 23 heavy (non-hydrogen) atoms. The fraction of sp³-hybridized carbons (Fsp3) is 0.200. The Morgan fingerprint density at radius 3 is 2.52 bits per heavy atom. The lowest BCUT2D eigenvalue weighted by Gasteiger charge is -2.09. The van der Waals surface area contributed by atoms with Crippen LogP contribution in [0.25, 0.3) is 0 Å². The highest BCUT2D eigenvalue weighted by Crippen LogP contribution is 2.14. The van der Waals surface area contributed by atoms with Gasteiger partial charge in [-0.15, -0.1) is 0 Å². The molecule has 8 heteroatoms. The zero-order valence-electron chi connectivity index (χ0n) is 12.4. The molecule has 0 radical (unpaired) electrons. The van der Waals surface area contributed by atoms with Gasteiger partial charge in [-0.1, -0.05) is 6.07 Å². The van der Waals surface area contributed by atoms with Gasteiger partial charge in [-0.3, -0.25) is 15.1 Å². The number of pyridine rings is 1. The first-order chi connectivity index (χ1) is 11.1. The van der Waals surface area contributed by atoms with Crippen molar-refractivity contribution in [2.24, 2.45) is 0 Å². The molecule has 3 N–H and O–H groups in total. The summed E-state index contributed by atoms with van der Waals surface area (Å²) >= 11 is 0. The summed E-state index contributed by atoms with van der Waals surface area (Å²) in [6.07, 6.45) is 1.67. The van der Waals surface area contributed by atoms with Crippen molar-refractivity contribution in [3.8, 4) is 0 Å². The molecule has 0 aliphatic carbocycles. The molecular weight excluding hydrogens is 298 g/mol. The van der Waals surface area contributed by atoms with Gasteiger partial charge < -0.3 is 16.0 Å². The van der Waals surface area contributed by atoms with Gasteiger partial charge >= 0.3 is 6.03 Å². The van der Waals surface area contributed by atoms with Crippen LogP contribution in [-0.4, -0.2) is 29.0 Å². The molecule has 0 saturated carbocycles. The fourth-order valence-corrected chi connectivity index (χ4v) is 1.82. The molecule has 0 atom stereocenters. The average molecular weight is 315 g/mol. The van der Waals surface area contributed by atoms with Gasteiger partial charge in [0.05, 0.1) is 17.2 Å². The average Bonchev–Trinajstić information content (AvgIpc) is 2.58. The van der Waals surface area contributed by atoms with E-state index in [1.54, 1.807) is 18.3 Å². The third kappa shape index (κ3) is 5.62. The first-order valence-corrected chi connectivity index (χ1v) is 7.05. The third-order valence-electron chi connectivity index (χ3n) is 2.97. The van der Waals surface area contributed by atoms with Crippen molar-refractivity contribution < 1.29 is 9.72 Å². The number of non-ortho nitro benzene ring substituents is 1. The molecule has 120 valence electrons. The maximum Gasteiger partial charge on any atom is 0.315 e. The highest BCUT2D eigenvalue weighted by atomic mass is 16.6. The Hall–Kier alpha value is -3.16. The van der Waals surface area contributed by atoms with Crippen LogP contribution in [0.3, 0.4) is 0 Å². The van der Waals surface area contributed by atoms with Crippen LogP contribution in [-0.2, 0) is 6.54 Å². The van der Waals surface area contributed by atoms with Crippen molar-refractivity contribution in [3.05, 3.63) is 64.5 Å². The number of amides is 2. The Morgan fingerprint density at radius 1 is 1.09 bits per heavy atom. The number of carbonyl (C=O) groups is 1. The number of nitrogens with one attached hydrogen (secondary N) is 3. The van der Waals surface area contributed by atoms with Crippen molar-refractivity contribution >= 4 is 17.4 Å². The fourth-order valence-electron chi connectivity index (χ4n) is 1.82. The van der Waals surface area contributed by atoms with Crippen LogP contribution in [0.2, 0.25) is 0 Å². The van der Waals surface area contributed by atoms with Gasteiger partial charge in [-0.2, -0.15) is 0 Å². The lowest BCUT2D eigenvalue weighted by molar-refractivity contribution is -0.384. The zero-order valence-corrected chi connectivity index (χ0v) is 12.4. The van der Waals surface area contributed by atoms with Crippen molar-refractivity contribution in [2.75, 3.05) is 18.4 Å². The van der Waals surface area contributed by atoms with E-state index < -0.39 is 4.92 Å². The molecule has 2 amide bonds. The summed E-state index contributed by atoms with van der Waals surface area (Å²) in [5, 5.41) is 19.0. The molecule has 0 saturated heterocycles. The Balaban J connectivity index is 1.63. The van der Waals surface area contributed by atoms with Crippen molar-refractivity contribution in [1.82, 2.24) is 15.6 Å². The van der Waals surface area contributed by atoms with Crippen LogP contribution in [0.1, 0.15) is 5.69 Å². The molecule has 0 aliphatic heterocycles. The summed E-state index contributed by atoms with van der Waals surface area (Å²) in [7, 11) is 0. The summed E-state index contributed by atoms with van der Waals surface area (Å²) in [5.74, 6) is 0.